The molecule has 1 aliphatic heterocycles. The Balaban J connectivity index is 2.20. The molecule has 1 saturated heterocycles. The number of hydrogen-bond donors (Lipinski definition) is 0. The molecule has 1 fully saturated rings. The van der Waals surface area contributed by atoms with Crippen LogP contribution in [-0.4, -0.2) is 33.7 Å². The summed E-state index contributed by atoms with van der Waals surface area (Å²) < 4.78 is 39.1. The van der Waals surface area contributed by atoms with Crippen molar-refractivity contribution in [2.45, 2.75) is 13.3 Å². The number of ether oxygens (including phenoxy) is 1. The van der Waals surface area contributed by atoms with Gasteiger partial charge >= 0.3 is 10.2 Å². The minimum Gasteiger partial charge on any atom is -0.497 e. The lowest BCUT2D eigenvalue weighted by molar-refractivity contribution is -0.117. The fraction of sp³-hybridized carbons (Fsp3) is 0.462. The van der Waals surface area contributed by atoms with Gasteiger partial charge < -0.3 is 9.64 Å². The first-order chi connectivity index (χ1) is 9.30. The molecule has 1 aliphatic rings. The second kappa shape index (κ2) is 5.40. The molecule has 0 radical (unpaired) electrons. The van der Waals surface area contributed by atoms with Crippen LogP contribution in [-0.2, 0) is 15.0 Å². The molecule has 1 heterocycles. The molecule has 1 amide bonds. The van der Waals surface area contributed by atoms with Gasteiger partial charge in [0.1, 0.15) is 5.75 Å². The Labute approximate surface area is 117 Å². The topological polar surface area (TPSA) is 63.7 Å². The highest BCUT2D eigenvalue weighted by Crippen LogP contribution is 2.30. The number of carbonyl (C=O) groups is 1. The number of amides is 1. The number of benzene rings is 1. The summed E-state index contributed by atoms with van der Waals surface area (Å²) >= 11 is 0. The van der Waals surface area contributed by atoms with E-state index in [-0.39, 0.29) is 18.9 Å². The molecule has 1 aromatic rings. The third-order valence-corrected chi connectivity index (χ3v) is 4.20. The molecule has 0 N–H and O–H groups in total. The maximum Gasteiger partial charge on any atom is 0.302 e. The van der Waals surface area contributed by atoms with E-state index in [0.717, 1.165) is 5.56 Å². The molecule has 0 saturated carbocycles. The van der Waals surface area contributed by atoms with E-state index in [1.807, 2.05) is 6.92 Å². The molecule has 0 aliphatic carbocycles. The van der Waals surface area contributed by atoms with Gasteiger partial charge in [0.25, 0.3) is 0 Å². The van der Waals surface area contributed by atoms with Crippen molar-refractivity contribution in [3.63, 3.8) is 0 Å². The average molecular weight is 301 g/mol. The summed E-state index contributed by atoms with van der Waals surface area (Å²) in [5.74, 6) is -0.614. The summed E-state index contributed by atoms with van der Waals surface area (Å²) in [5, 5.41) is 0. The number of rotatable bonds is 4. The monoisotopic (exact) mass is 301 g/mol. The molecular weight excluding hydrogens is 285 g/mol. The predicted octanol–water partition coefficient (Wildman–Crippen LogP) is 1.66. The number of anilines is 1. The Morgan fingerprint density at radius 2 is 2.15 bits per heavy atom. The van der Waals surface area contributed by atoms with Crippen LogP contribution in [0.15, 0.2) is 18.2 Å². The molecule has 5 nitrogen and oxygen atoms in total. The van der Waals surface area contributed by atoms with Crippen LogP contribution in [0.4, 0.5) is 9.57 Å². The van der Waals surface area contributed by atoms with Crippen molar-refractivity contribution >= 4 is 21.8 Å². The number of hydrogen-bond acceptors (Lipinski definition) is 4. The molecular formula is C13H16FNO4S. The molecule has 1 aromatic carbocycles. The number of halogens is 1. The van der Waals surface area contributed by atoms with Crippen molar-refractivity contribution in [2.75, 3.05) is 24.3 Å². The van der Waals surface area contributed by atoms with E-state index in [1.165, 1.54) is 4.90 Å². The predicted molar refractivity (Wildman–Crippen MR) is 73.1 cm³/mol. The van der Waals surface area contributed by atoms with Crippen LogP contribution < -0.4 is 9.64 Å². The Bertz CT molecular complexity index is 629. The summed E-state index contributed by atoms with van der Waals surface area (Å²) in [5.41, 5.74) is 1.55. The van der Waals surface area contributed by atoms with Crippen molar-refractivity contribution in [1.82, 2.24) is 0 Å². The van der Waals surface area contributed by atoms with Crippen molar-refractivity contribution in [3.8, 4) is 5.75 Å². The second-order valence-electron chi connectivity index (χ2n) is 4.93. The van der Waals surface area contributed by atoms with E-state index in [0.29, 0.717) is 11.4 Å². The van der Waals surface area contributed by atoms with Gasteiger partial charge in [0.05, 0.1) is 12.9 Å². The van der Waals surface area contributed by atoms with Crippen LogP contribution in [0.5, 0.6) is 5.75 Å². The minimum absolute atomic E-state index is 0.0502. The van der Waals surface area contributed by atoms with Crippen molar-refractivity contribution in [2.24, 2.45) is 5.92 Å². The summed E-state index contributed by atoms with van der Waals surface area (Å²) in [7, 11) is -3.00. The van der Waals surface area contributed by atoms with Crippen LogP contribution >= 0.6 is 0 Å². The van der Waals surface area contributed by atoms with Gasteiger partial charge in [-0.15, -0.1) is 3.89 Å². The maximum atomic E-state index is 12.7. The molecule has 0 bridgehead atoms. The Kier molecular flexibility index (Phi) is 3.99. The van der Waals surface area contributed by atoms with Crippen LogP contribution in [0.25, 0.3) is 0 Å². The average Bonchev–Trinajstić information content (AvgIpc) is 2.67. The zero-order valence-corrected chi connectivity index (χ0v) is 12.1. The fourth-order valence-electron chi connectivity index (χ4n) is 2.47. The SMILES string of the molecule is COc1ccc(N2CC(CS(=O)(=O)F)CC2=O)c(C)c1. The Morgan fingerprint density at radius 3 is 2.70 bits per heavy atom. The van der Waals surface area contributed by atoms with Gasteiger partial charge in [-0.3, -0.25) is 4.79 Å². The molecule has 1 atom stereocenters. The lowest BCUT2D eigenvalue weighted by Crippen LogP contribution is -2.26. The van der Waals surface area contributed by atoms with Gasteiger partial charge in [-0.1, -0.05) is 0 Å². The van der Waals surface area contributed by atoms with Gasteiger partial charge in [0.15, 0.2) is 0 Å². The van der Waals surface area contributed by atoms with Crippen molar-refractivity contribution in [3.05, 3.63) is 23.8 Å². The first-order valence-corrected chi connectivity index (χ1v) is 7.73. The smallest absolute Gasteiger partial charge is 0.302 e. The fourth-order valence-corrected chi connectivity index (χ4v) is 3.25. The first kappa shape index (κ1) is 14.8. The minimum atomic E-state index is -4.56. The molecule has 0 spiro atoms. The largest absolute Gasteiger partial charge is 0.497 e. The van der Waals surface area contributed by atoms with E-state index in [1.54, 1.807) is 25.3 Å². The number of carbonyl (C=O) groups excluding carboxylic acids is 1. The van der Waals surface area contributed by atoms with Crippen LogP contribution in [0.3, 0.4) is 0 Å². The highest BCUT2D eigenvalue weighted by molar-refractivity contribution is 7.86. The Morgan fingerprint density at radius 1 is 1.45 bits per heavy atom. The van der Waals surface area contributed by atoms with Crippen LogP contribution in [0.1, 0.15) is 12.0 Å². The van der Waals surface area contributed by atoms with Gasteiger partial charge in [0.2, 0.25) is 5.91 Å². The number of methoxy groups -OCH3 is 1. The highest BCUT2D eigenvalue weighted by Gasteiger charge is 2.34. The molecule has 7 heteroatoms. The molecule has 2 rings (SSSR count). The molecule has 110 valence electrons. The normalized spacial score (nSPS) is 19.4. The van der Waals surface area contributed by atoms with E-state index >= 15 is 0 Å². The summed E-state index contributed by atoms with van der Waals surface area (Å²) in [6.07, 6.45) is 0.0502. The third-order valence-electron chi connectivity index (χ3n) is 3.33. The van der Waals surface area contributed by atoms with Crippen LogP contribution in [0.2, 0.25) is 0 Å². The number of nitrogens with zero attached hydrogens (tertiary/aromatic N) is 1. The van der Waals surface area contributed by atoms with Crippen molar-refractivity contribution < 1.29 is 21.8 Å². The van der Waals surface area contributed by atoms with E-state index in [2.05, 4.69) is 0 Å². The second-order valence-corrected chi connectivity index (χ2v) is 6.34. The zero-order chi connectivity index (χ0) is 14.9. The van der Waals surface area contributed by atoms with Gasteiger partial charge in [-0.2, -0.15) is 8.42 Å². The lowest BCUT2D eigenvalue weighted by atomic mass is 10.1. The third kappa shape index (κ3) is 3.27. The zero-order valence-electron chi connectivity index (χ0n) is 11.3. The van der Waals surface area contributed by atoms with Gasteiger partial charge in [0, 0.05) is 24.6 Å². The quantitative estimate of drug-likeness (QED) is 0.793. The Hall–Kier alpha value is -1.63. The lowest BCUT2D eigenvalue weighted by Gasteiger charge is -2.19. The molecule has 0 aromatic heterocycles. The number of aryl methyl sites for hydroxylation is 1. The molecule has 20 heavy (non-hydrogen) atoms. The molecule has 1 unspecified atom stereocenters. The summed E-state index contributed by atoms with van der Waals surface area (Å²) in [4.78, 5) is 13.5. The maximum absolute atomic E-state index is 12.7. The van der Waals surface area contributed by atoms with E-state index in [4.69, 9.17) is 4.74 Å². The van der Waals surface area contributed by atoms with E-state index < -0.39 is 21.9 Å². The summed E-state index contributed by atoms with van der Waals surface area (Å²) in [6.45, 7) is 2.06. The van der Waals surface area contributed by atoms with Crippen LogP contribution in [0, 0.1) is 12.8 Å². The highest BCUT2D eigenvalue weighted by atomic mass is 32.3. The summed E-state index contributed by atoms with van der Waals surface area (Å²) in [6, 6.07) is 5.27. The van der Waals surface area contributed by atoms with Gasteiger partial charge in [-0.05, 0) is 30.7 Å². The first-order valence-electron chi connectivity index (χ1n) is 6.17. The van der Waals surface area contributed by atoms with Gasteiger partial charge in [-0.25, -0.2) is 0 Å². The van der Waals surface area contributed by atoms with E-state index in [9.17, 15) is 17.1 Å². The van der Waals surface area contributed by atoms with Crippen molar-refractivity contribution in [1.29, 1.82) is 0 Å². The standard InChI is InChI=1S/C13H16FNO4S/c1-9-5-11(19-2)3-4-12(9)15-7-10(6-13(15)16)8-20(14,17)18/h3-5,10H,6-8H2,1-2H3.